The molecule has 5 nitrogen and oxygen atoms in total. The molecule has 2 atom stereocenters. The number of nitrogens with zero attached hydrogens (tertiary/aromatic N) is 4. The Hall–Kier alpha value is -2.02. The fraction of sp³-hybridized carbons (Fsp3) is 0.529. The molecule has 1 aliphatic heterocycles. The summed E-state index contributed by atoms with van der Waals surface area (Å²) in [6.07, 6.45) is 0.145. The number of rotatable bonds is 5. The van der Waals surface area contributed by atoms with Crippen molar-refractivity contribution in [3.8, 4) is 0 Å². The summed E-state index contributed by atoms with van der Waals surface area (Å²) in [6, 6.07) is 3.99. The predicted molar refractivity (Wildman–Crippen MR) is 85.0 cm³/mol. The van der Waals surface area contributed by atoms with Crippen molar-refractivity contribution < 1.29 is 13.9 Å². The summed E-state index contributed by atoms with van der Waals surface area (Å²) in [6.45, 7) is 4.04. The molecule has 0 bridgehead atoms. The van der Waals surface area contributed by atoms with Gasteiger partial charge in [-0.15, -0.1) is 0 Å². The van der Waals surface area contributed by atoms with Crippen LogP contribution in [0.15, 0.2) is 18.3 Å². The van der Waals surface area contributed by atoms with E-state index in [0.29, 0.717) is 6.54 Å². The number of alkyl halides is 2. The van der Waals surface area contributed by atoms with Gasteiger partial charge in [0.25, 0.3) is 6.43 Å². The lowest BCUT2D eigenvalue weighted by atomic mass is 10.2. The highest BCUT2D eigenvalue weighted by atomic mass is 19.3. The second kappa shape index (κ2) is 5.81. The molecule has 7 heteroatoms. The van der Waals surface area contributed by atoms with E-state index >= 15 is 0 Å². The molecule has 0 spiro atoms. The largest absolute Gasteiger partial charge is 0.392 e. The lowest BCUT2D eigenvalue weighted by Gasteiger charge is -2.20. The number of aryl methyl sites for hydroxylation is 1. The van der Waals surface area contributed by atoms with Gasteiger partial charge in [0.15, 0.2) is 0 Å². The summed E-state index contributed by atoms with van der Waals surface area (Å²) in [7, 11) is 0. The highest BCUT2D eigenvalue weighted by molar-refractivity contribution is 5.44. The molecular formula is C17H20F2N4O. The van der Waals surface area contributed by atoms with Crippen molar-refractivity contribution in [3.05, 3.63) is 40.8 Å². The number of anilines is 1. The van der Waals surface area contributed by atoms with Crippen molar-refractivity contribution in [1.29, 1.82) is 0 Å². The van der Waals surface area contributed by atoms with Gasteiger partial charge in [-0.25, -0.2) is 13.8 Å². The van der Waals surface area contributed by atoms with Gasteiger partial charge in [-0.2, -0.15) is 5.10 Å². The Balaban J connectivity index is 1.52. The van der Waals surface area contributed by atoms with E-state index in [4.69, 9.17) is 0 Å². The first-order valence-electron chi connectivity index (χ1n) is 8.22. The van der Waals surface area contributed by atoms with Crippen molar-refractivity contribution in [2.45, 2.75) is 32.9 Å². The zero-order valence-corrected chi connectivity index (χ0v) is 13.5. The number of hydrogen-bond acceptors (Lipinski definition) is 4. The van der Waals surface area contributed by atoms with E-state index in [1.54, 1.807) is 0 Å². The van der Waals surface area contributed by atoms with Crippen molar-refractivity contribution >= 4 is 5.82 Å². The highest BCUT2D eigenvalue weighted by Gasteiger charge is 2.45. The first kappa shape index (κ1) is 15.5. The van der Waals surface area contributed by atoms with E-state index in [9.17, 15) is 13.9 Å². The molecule has 24 heavy (non-hydrogen) atoms. The molecule has 0 aromatic carbocycles. The third-order valence-electron chi connectivity index (χ3n) is 5.06. The molecule has 4 rings (SSSR count). The Morgan fingerprint density at radius 1 is 1.25 bits per heavy atom. The Kier molecular flexibility index (Phi) is 3.75. The van der Waals surface area contributed by atoms with Gasteiger partial charge in [0.1, 0.15) is 11.5 Å². The van der Waals surface area contributed by atoms with E-state index in [0.717, 1.165) is 42.0 Å². The maximum atomic E-state index is 12.9. The van der Waals surface area contributed by atoms with Crippen LogP contribution >= 0.6 is 0 Å². The van der Waals surface area contributed by atoms with Crippen molar-refractivity contribution in [3.63, 3.8) is 0 Å². The van der Waals surface area contributed by atoms with Crippen molar-refractivity contribution in [2.75, 3.05) is 18.0 Å². The summed E-state index contributed by atoms with van der Waals surface area (Å²) in [5.74, 6) is 2.69. The van der Waals surface area contributed by atoms with Crippen LogP contribution < -0.4 is 4.90 Å². The Morgan fingerprint density at radius 3 is 2.58 bits per heavy atom. The molecule has 2 fully saturated rings. The lowest BCUT2D eigenvalue weighted by molar-refractivity contribution is 0.141. The molecule has 2 aromatic heterocycles. The van der Waals surface area contributed by atoms with E-state index in [2.05, 4.69) is 15.0 Å². The van der Waals surface area contributed by atoms with Crippen LogP contribution in [0.5, 0.6) is 0 Å². The minimum atomic E-state index is -2.68. The van der Waals surface area contributed by atoms with Gasteiger partial charge < -0.3 is 10.0 Å². The zero-order chi connectivity index (χ0) is 16.8. The Labute approximate surface area is 138 Å². The topological polar surface area (TPSA) is 54.2 Å². The third-order valence-corrected chi connectivity index (χ3v) is 5.06. The molecule has 3 heterocycles. The van der Waals surface area contributed by atoms with Crippen LogP contribution in [0, 0.1) is 18.8 Å². The first-order valence-corrected chi connectivity index (χ1v) is 8.22. The normalized spacial score (nSPS) is 22.3. The maximum Gasteiger partial charge on any atom is 0.282 e. The van der Waals surface area contributed by atoms with Crippen LogP contribution in [0.1, 0.15) is 35.4 Å². The van der Waals surface area contributed by atoms with Gasteiger partial charge in [0, 0.05) is 30.5 Å². The molecule has 0 radical (unpaired) electrons. The average Bonchev–Trinajstić information content (AvgIpc) is 2.98. The van der Waals surface area contributed by atoms with E-state index in [-0.39, 0.29) is 11.3 Å². The van der Waals surface area contributed by atoms with E-state index in [1.165, 1.54) is 17.3 Å². The van der Waals surface area contributed by atoms with Crippen LogP contribution in [0.25, 0.3) is 0 Å². The second-order valence-corrected chi connectivity index (χ2v) is 6.77. The number of aliphatic hydroxyl groups is 1. The monoisotopic (exact) mass is 334 g/mol. The van der Waals surface area contributed by atoms with Crippen molar-refractivity contribution in [2.24, 2.45) is 11.8 Å². The molecular weight excluding hydrogens is 314 g/mol. The smallest absolute Gasteiger partial charge is 0.282 e. The van der Waals surface area contributed by atoms with Gasteiger partial charge in [-0.1, -0.05) is 6.07 Å². The molecule has 1 saturated carbocycles. The lowest BCUT2D eigenvalue weighted by Crippen LogP contribution is -2.23. The van der Waals surface area contributed by atoms with Gasteiger partial charge in [0.2, 0.25) is 0 Å². The zero-order valence-electron chi connectivity index (χ0n) is 13.5. The number of aromatic nitrogens is 3. The standard InChI is InChI=1S/C17H20F2N4O/c1-10-11(7-23-8-14(9-24)16(21-23)17(18)19)2-3-15(20-10)22-5-12-4-13(12)6-22/h2-3,8,12-13,17,24H,4-7,9H2,1H3. The van der Waals surface area contributed by atoms with Crippen molar-refractivity contribution in [1.82, 2.24) is 14.8 Å². The minimum absolute atomic E-state index is 0.170. The highest BCUT2D eigenvalue weighted by Crippen LogP contribution is 2.45. The van der Waals surface area contributed by atoms with Gasteiger partial charge in [-0.3, -0.25) is 4.68 Å². The van der Waals surface area contributed by atoms with Crippen LogP contribution in [0.4, 0.5) is 14.6 Å². The Bertz CT molecular complexity index is 751. The van der Waals surface area contributed by atoms with Gasteiger partial charge in [0.05, 0.1) is 13.2 Å². The molecule has 1 N–H and O–H groups in total. The molecule has 1 aliphatic carbocycles. The molecule has 0 amide bonds. The third kappa shape index (κ3) is 2.77. The summed E-state index contributed by atoms with van der Waals surface area (Å²) in [5.41, 5.74) is 1.64. The molecule has 1 saturated heterocycles. The van der Waals surface area contributed by atoms with Gasteiger partial charge in [-0.05, 0) is 36.8 Å². The van der Waals surface area contributed by atoms with Crippen LogP contribution in [0.3, 0.4) is 0 Å². The summed E-state index contributed by atoms with van der Waals surface area (Å²) in [4.78, 5) is 7.00. The number of hydrogen-bond donors (Lipinski definition) is 1. The van der Waals surface area contributed by atoms with E-state index < -0.39 is 13.0 Å². The number of aliphatic hydroxyl groups excluding tert-OH is 1. The molecule has 2 unspecified atom stereocenters. The summed E-state index contributed by atoms with van der Waals surface area (Å²) < 4.78 is 27.3. The van der Waals surface area contributed by atoms with Crippen LogP contribution in [-0.4, -0.2) is 33.0 Å². The predicted octanol–water partition coefficient (Wildman–Crippen LogP) is 2.52. The number of piperidine rings is 1. The minimum Gasteiger partial charge on any atom is -0.392 e. The van der Waals surface area contributed by atoms with E-state index in [1.807, 2.05) is 19.1 Å². The fourth-order valence-electron chi connectivity index (χ4n) is 3.54. The molecule has 2 aliphatic rings. The second-order valence-electron chi connectivity index (χ2n) is 6.77. The molecule has 2 aromatic rings. The Morgan fingerprint density at radius 2 is 2.00 bits per heavy atom. The number of pyridine rings is 1. The average molecular weight is 334 g/mol. The molecule has 128 valence electrons. The summed E-state index contributed by atoms with van der Waals surface area (Å²) >= 11 is 0. The SMILES string of the molecule is Cc1nc(N2CC3CC3C2)ccc1Cn1cc(CO)c(C(F)F)n1. The fourth-order valence-corrected chi connectivity index (χ4v) is 3.54. The van der Waals surface area contributed by atoms with Gasteiger partial charge >= 0.3 is 0 Å². The number of halogens is 2. The maximum absolute atomic E-state index is 12.9. The summed E-state index contributed by atoms with van der Waals surface area (Å²) in [5, 5.41) is 13.1. The van der Waals surface area contributed by atoms with Crippen LogP contribution in [0.2, 0.25) is 0 Å². The quantitative estimate of drug-likeness (QED) is 0.913. The number of fused-ring (bicyclic) bond motifs is 1. The van der Waals surface area contributed by atoms with Crippen LogP contribution in [-0.2, 0) is 13.2 Å². The first-order chi connectivity index (χ1) is 11.5.